The fourth-order valence-electron chi connectivity index (χ4n) is 1.58. The Bertz CT molecular complexity index is 266. The second kappa shape index (κ2) is 2.98. The average Bonchev–Trinajstić information content (AvgIpc) is 2.44. The van der Waals surface area contributed by atoms with Crippen LogP contribution in [0, 0.1) is 0 Å². The van der Waals surface area contributed by atoms with Gasteiger partial charge >= 0.3 is 0 Å². The Morgan fingerprint density at radius 3 is 2.83 bits per heavy atom. The summed E-state index contributed by atoms with van der Waals surface area (Å²) < 4.78 is 0. The van der Waals surface area contributed by atoms with Crippen molar-refractivity contribution in [2.24, 2.45) is 4.99 Å². The Labute approximate surface area is 77.0 Å². The lowest BCUT2D eigenvalue weighted by atomic mass is 10.1. The van der Waals surface area contributed by atoms with E-state index in [0.29, 0.717) is 11.3 Å². The standard InChI is InChI=1S/C9H12N2S/c1-10-9-11(2)7-5-3-4-6-8(7)12-9/h3-8H,1-2H3. The zero-order valence-electron chi connectivity index (χ0n) is 7.27. The molecule has 1 saturated heterocycles. The Kier molecular flexibility index (Phi) is 1.97. The molecule has 3 heteroatoms. The van der Waals surface area contributed by atoms with Crippen molar-refractivity contribution in [3.63, 3.8) is 0 Å². The summed E-state index contributed by atoms with van der Waals surface area (Å²) in [7, 11) is 3.95. The third-order valence-electron chi connectivity index (χ3n) is 2.24. The van der Waals surface area contributed by atoms with Crippen LogP contribution in [0.15, 0.2) is 29.3 Å². The third kappa shape index (κ3) is 1.08. The van der Waals surface area contributed by atoms with E-state index in [1.165, 1.54) is 0 Å². The van der Waals surface area contributed by atoms with E-state index in [1.807, 2.05) is 18.8 Å². The van der Waals surface area contributed by atoms with E-state index in [1.54, 1.807) is 0 Å². The number of aliphatic imine (C=N–C) groups is 1. The Hall–Kier alpha value is -0.700. The van der Waals surface area contributed by atoms with Crippen LogP contribution in [-0.4, -0.2) is 35.5 Å². The number of allylic oxidation sites excluding steroid dienone is 2. The summed E-state index contributed by atoms with van der Waals surface area (Å²) in [5, 5.41) is 1.71. The number of nitrogens with zero attached hydrogens (tertiary/aromatic N) is 2. The van der Waals surface area contributed by atoms with Gasteiger partial charge in [0, 0.05) is 14.1 Å². The number of likely N-dealkylation sites (N-methyl/N-ethyl adjacent to an activating group) is 1. The molecular formula is C9H12N2S. The van der Waals surface area contributed by atoms with E-state index < -0.39 is 0 Å². The molecule has 0 N–H and O–H groups in total. The zero-order chi connectivity index (χ0) is 8.55. The maximum atomic E-state index is 4.23. The number of hydrogen-bond acceptors (Lipinski definition) is 2. The molecule has 64 valence electrons. The zero-order valence-corrected chi connectivity index (χ0v) is 8.08. The molecule has 0 aromatic heterocycles. The highest BCUT2D eigenvalue weighted by atomic mass is 32.2. The average molecular weight is 180 g/mol. The number of hydrogen-bond donors (Lipinski definition) is 0. The van der Waals surface area contributed by atoms with Crippen molar-refractivity contribution in [2.75, 3.05) is 14.1 Å². The first-order valence-electron chi connectivity index (χ1n) is 4.04. The van der Waals surface area contributed by atoms with Crippen LogP contribution in [0.25, 0.3) is 0 Å². The fraction of sp³-hybridized carbons (Fsp3) is 0.444. The molecule has 0 spiro atoms. The summed E-state index contributed by atoms with van der Waals surface area (Å²) in [5.74, 6) is 0. The quantitative estimate of drug-likeness (QED) is 0.561. The molecule has 1 heterocycles. The predicted molar refractivity (Wildman–Crippen MR) is 54.6 cm³/mol. The van der Waals surface area contributed by atoms with E-state index in [9.17, 15) is 0 Å². The molecule has 1 fully saturated rings. The van der Waals surface area contributed by atoms with Crippen molar-refractivity contribution in [2.45, 2.75) is 11.3 Å². The highest BCUT2D eigenvalue weighted by molar-refractivity contribution is 8.14. The van der Waals surface area contributed by atoms with Crippen LogP contribution in [0.1, 0.15) is 0 Å². The summed E-state index contributed by atoms with van der Waals surface area (Å²) in [6, 6.07) is 0.513. The minimum atomic E-state index is 0.513. The SMILES string of the molecule is CN=C1SC2C=CC=CC2N1C. The topological polar surface area (TPSA) is 15.6 Å². The lowest BCUT2D eigenvalue weighted by Gasteiger charge is -2.21. The molecule has 2 nitrogen and oxygen atoms in total. The van der Waals surface area contributed by atoms with Crippen LogP contribution in [0.5, 0.6) is 0 Å². The Balaban J connectivity index is 2.26. The van der Waals surface area contributed by atoms with Gasteiger partial charge in [-0.3, -0.25) is 4.99 Å². The van der Waals surface area contributed by atoms with Gasteiger partial charge in [0.05, 0.1) is 11.3 Å². The molecule has 2 atom stereocenters. The van der Waals surface area contributed by atoms with Gasteiger partial charge in [0.1, 0.15) is 0 Å². The largest absolute Gasteiger partial charge is 0.347 e. The van der Waals surface area contributed by atoms with Crippen molar-refractivity contribution in [3.8, 4) is 0 Å². The summed E-state index contributed by atoms with van der Waals surface area (Å²) in [6.45, 7) is 0. The smallest absolute Gasteiger partial charge is 0.159 e. The van der Waals surface area contributed by atoms with Gasteiger partial charge < -0.3 is 4.90 Å². The second-order valence-electron chi connectivity index (χ2n) is 2.96. The van der Waals surface area contributed by atoms with Gasteiger partial charge in [0.15, 0.2) is 5.17 Å². The first-order valence-corrected chi connectivity index (χ1v) is 4.92. The van der Waals surface area contributed by atoms with Gasteiger partial charge in [-0.25, -0.2) is 0 Å². The molecule has 1 aliphatic heterocycles. The molecular weight excluding hydrogens is 168 g/mol. The van der Waals surface area contributed by atoms with Gasteiger partial charge in [0.2, 0.25) is 0 Å². The number of fused-ring (bicyclic) bond motifs is 1. The second-order valence-corrected chi connectivity index (χ2v) is 4.11. The van der Waals surface area contributed by atoms with Crippen LogP contribution in [-0.2, 0) is 0 Å². The molecule has 0 amide bonds. The maximum absolute atomic E-state index is 4.23. The van der Waals surface area contributed by atoms with Crippen molar-refractivity contribution in [3.05, 3.63) is 24.3 Å². The van der Waals surface area contributed by atoms with Gasteiger partial charge in [-0.2, -0.15) is 0 Å². The normalized spacial score (nSPS) is 36.2. The van der Waals surface area contributed by atoms with Gasteiger partial charge in [-0.05, 0) is 0 Å². The monoisotopic (exact) mass is 180 g/mol. The van der Waals surface area contributed by atoms with Gasteiger partial charge in [-0.15, -0.1) is 0 Å². The van der Waals surface area contributed by atoms with E-state index in [0.717, 1.165) is 5.17 Å². The number of amidine groups is 1. The van der Waals surface area contributed by atoms with Crippen LogP contribution in [0.3, 0.4) is 0 Å². The Morgan fingerprint density at radius 1 is 1.42 bits per heavy atom. The van der Waals surface area contributed by atoms with E-state index in [2.05, 4.69) is 41.2 Å². The minimum absolute atomic E-state index is 0.513. The molecule has 12 heavy (non-hydrogen) atoms. The van der Waals surface area contributed by atoms with Crippen molar-refractivity contribution in [1.82, 2.24) is 4.90 Å². The molecule has 2 unspecified atom stereocenters. The highest BCUT2D eigenvalue weighted by Gasteiger charge is 2.33. The molecule has 1 aliphatic carbocycles. The number of rotatable bonds is 0. The lowest BCUT2D eigenvalue weighted by Crippen LogP contribution is -2.32. The Morgan fingerprint density at radius 2 is 2.17 bits per heavy atom. The number of thioether (sulfide) groups is 1. The van der Waals surface area contributed by atoms with Crippen LogP contribution in [0.4, 0.5) is 0 Å². The van der Waals surface area contributed by atoms with Crippen molar-refractivity contribution in [1.29, 1.82) is 0 Å². The van der Waals surface area contributed by atoms with Crippen LogP contribution < -0.4 is 0 Å². The summed E-state index contributed by atoms with van der Waals surface area (Å²) in [4.78, 5) is 6.46. The molecule has 0 radical (unpaired) electrons. The van der Waals surface area contributed by atoms with E-state index in [4.69, 9.17) is 0 Å². The molecule has 0 aromatic carbocycles. The van der Waals surface area contributed by atoms with Gasteiger partial charge in [-0.1, -0.05) is 36.1 Å². The fourth-order valence-corrected chi connectivity index (χ4v) is 2.80. The minimum Gasteiger partial charge on any atom is -0.347 e. The first-order chi connectivity index (χ1) is 5.83. The van der Waals surface area contributed by atoms with Crippen molar-refractivity contribution < 1.29 is 0 Å². The molecule has 0 bridgehead atoms. The maximum Gasteiger partial charge on any atom is 0.159 e. The highest BCUT2D eigenvalue weighted by Crippen LogP contribution is 2.33. The van der Waals surface area contributed by atoms with Crippen LogP contribution >= 0.6 is 11.8 Å². The first kappa shape index (κ1) is 7.92. The van der Waals surface area contributed by atoms with E-state index in [-0.39, 0.29) is 0 Å². The molecule has 2 aliphatic rings. The molecule has 2 rings (SSSR count). The lowest BCUT2D eigenvalue weighted by molar-refractivity contribution is 0.454. The summed E-state index contributed by atoms with van der Waals surface area (Å²) >= 11 is 1.84. The third-order valence-corrected chi connectivity index (χ3v) is 3.63. The molecule has 0 aromatic rings. The molecule has 0 saturated carbocycles. The summed E-state index contributed by atoms with van der Waals surface area (Å²) in [6.07, 6.45) is 8.69. The van der Waals surface area contributed by atoms with E-state index >= 15 is 0 Å². The summed E-state index contributed by atoms with van der Waals surface area (Å²) in [5.41, 5.74) is 0. The van der Waals surface area contributed by atoms with Gasteiger partial charge in [0.25, 0.3) is 0 Å². The van der Waals surface area contributed by atoms with Crippen LogP contribution in [0.2, 0.25) is 0 Å². The predicted octanol–water partition coefficient (Wildman–Crippen LogP) is 1.51. The van der Waals surface area contributed by atoms with Crippen molar-refractivity contribution >= 4 is 16.9 Å².